The lowest BCUT2D eigenvalue weighted by Gasteiger charge is -2.13. The summed E-state index contributed by atoms with van der Waals surface area (Å²) < 4.78 is 13.0. The number of hydrogen-bond donors (Lipinski definition) is 0. The number of carbonyl (C=O) groups excluding carboxylic acids is 1. The Hall–Kier alpha value is -0.930. The van der Waals surface area contributed by atoms with Crippen molar-refractivity contribution in [1.82, 2.24) is 4.90 Å². The van der Waals surface area contributed by atoms with Crippen LogP contribution in [0.25, 0.3) is 0 Å². The molecule has 1 aliphatic heterocycles. The summed E-state index contributed by atoms with van der Waals surface area (Å²) in [5, 5.41) is 0.523. The van der Waals surface area contributed by atoms with Crippen LogP contribution in [0.2, 0.25) is 5.02 Å². The van der Waals surface area contributed by atoms with E-state index < -0.39 is 6.17 Å². The molecule has 0 aliphatic carbocycles. The molecule has 4 heteroatoms. The lowest BCUT2D eigenvalue weighted by Crippen LogP contribution is -2.22. The van der Waals surface area contributed by atoms with E-state index in [-0.39, 0.29) is 5.78 Å². The Balaban J connectivity index is 1.81. The van der Waals surface area contributed by atoms with Crippen molar-refractivity contribution < 1.29 is 9.18 Å². The van der Waals surface area contributed by atoms with Gasteiger partial charge in [-0.25, -0.2) is 4.39 Å². The van der Waals surface area contributed by atoms with Crippen molar-refractivity contribution in [1.29, 1.82) is 0 Å². The van der Waals surface area contributed by atoms with Crippen molar-refractivity contribution in [3.8, 4) is 0 Å². The number of rotatable bonds is 5. The monoisotopic (exact) mass is 283 g/mol. The van der Waals surface area contributed by atoms with Crippen LogP contribution >= 0.6 is 11.6 Å². The van der Waals surface area contributed by atoms with E-state index in [1.807, 2.05) is 19.1 Å². The molecule has 0 saturated carbocycles. The second-order valence-electron chi connectivity index (χ2n) is 5.20. The molecule has 0 bridgehead atoms. The van der Waals surface area contributed by atoms with Gasteiger partial charge in [0.1, 0.15) is 6.17 Å². The van der Waals surface area contributed by atoms with Gasteiger partial charge in [-0.3, -0.25) is 4.79 Å². The Labute approximate surface area is 118 Å². The smallest absolute Gasteiger partial charge is 0.164 e. The van der Waals surface area contributed by atoms with Crippen molar-refractivity contribution in [3.63, 3.8) is 0 Å². The maximum absolute atomic E-state index is 13.0. The van der Waals surface area contributed by atoms with Gasteiger partial charge in [0.25, 0.3) is 0 Å². The zero-order chi connectivity index (χ0) is 13.8. The third-order valence-electron chi connectivity index (χ3n) is 3.52. The van der Waals surface area contributed by atoms with Crippen molar-refractivity contribution in [2.75, 3.05) is 19.6 Å². The van der Waals surface area contributed by atoms with Gasteiger partial charge < -0.3 is 4.90 Å². The number of halogens is 2. The van der Waals surface area contributed by atoms with E-state index in [0.717, 1.165) is 25.1 Å². The molecule has 0 amide bonds. The predicted molar refractivity (Wildman–Crippen MR) is 75.7 cm³/mol. The van der Waals surface area contributed by atoms with Crippen molar-refractivity contribution in [3.05, 3.63) is 34.3 Å². The summed E-state index contributed by atoms with van der Waals surface area (Å²) in [5.74, 6) is 0.0704. The summed E-state index contributed by atoms with van der Waals surface area (Å²) in [5.41, 5.74) is 1.64. The van der Waals surface area contributed by atoms with E-state index in [1.54, 1.807) is 6.07 Å². The van der Waals surface area contributed by atoms with Gasteiger partial charge in [0, 0.05) is 25.1 Å². The number of aryl methyl sites for hydroxylation is 1. The average Bonchev–Trinajstić information content (AvgIpc) is 2.75. The van der Waals surface area contributed by atoms with E-state index in [0.29, 0.717) is 30.0 Å². The number of likely N-dealkylation sites (tertiary alicyclic amines) is 1. The summed E-state index contributed by atoms with van der Waals surface area (Å²) >= 11 is 6.07. The number of benzene rings is 1. The second-order valence-corrected chi connectivity index (χ2v) is 5.60. The van der Waals surface area contributed by atoms with Crippen LogP contribution in [0.4, 0.5) is 4.39 Å². The third kappa shape index (κ3) is 4.02. The SMILES string of the molecule is Cc1ccc(C(=O)CCCN2CCC(F)C2)c(Cl)c1. The largest absolute Gasteiger partial charge is 0.300 e. The van der Waals surface area contributed by atoms with E-state index in [4.69, 9.17) is 11.6 Å². The lowest BCUT2D eigenvalue weighted by atomic mass is 10.0. The van der Waals surface area contributed by atoms with Crippen LogP contribution in [-0.2, 0) is 0 Å². The van der Waals surface area contributed by atoms with E-state index in [2.05, 4.69) is 4.90 Å². The molecule has 1 unspecified atom stereocenters. The van der Waals surface area contributed by atoms with E-state index in [1.165, 1.54) is 0 Å². The van der Waals surface area contributed by atoms with Gasteiger partial charge in [-0.05, 0) is 44.0 Å². The molecule has 1 aromatic rings. The topological polar surface area (TPSA) is 20.3 Å². The first-order valence-electron chi connectivity index (χ1n) is 6.72. The fourth-order valence-electron chi connectivity index (χ4n) is 2.43. The molecule has 0 spiro atoms. The minimum absolute atomic E-state index is 0.0704. The fourth-order valence-corrected chi connectivity index (χ4v) is 2.77. The first kappa shape index (κ1) is 14.5. The lowest BCUT2D eigenvalue weighted by molar-refractivity contribution is 0.0976. The quantitative estimate of drug-likeness (QED) is 0.769. The Morgan fingerprint density at radius 1 is 1.53 bits per heavy atom. The molecule has 0 aromatic heterocycles. The van der Waals surface area contributed by atoms with E-state index >= 15 is 0 Å². The Bertz CT molecular complexity index is 463. The predicted octanol–water partition coefficient (Wildman–Crippen LogP) is 3.66. The minimum Gasteiger partial charge on any atom is -0.300 e. The van der Waals surface area contributed by atoms with Crippen LogP contribution in [-0.4, -0.2) is 36.5 Å². The highest BCUT2D eigenvalue weighted by Gasteiger charge is 2.21. The molecule has 0 radical (unpaired) electrons. The maximum atomic E-state index is 13.0. The molecule has 2 nitrogen and oxygen atoms in total. The molecular weight excluding hydrogens is 265 g/mol. The first-order valence-corrected chi connectivity index (χ1v) is 7.10. The molecule has 1 aromatic carbocycles. The minimum atomic E-state index is -0.692. The molecule has 1 atom stereocenters. The van der Waals surface area contributed by atoms with Gasteiger partial charge in [-0.1, -0.05) is 17.7 Å². The molecule has 1 aliphatic rings. The first-order chi connectivity index (χ1) is 9.06. The normalized spacial score (nSPS) is 19.8. The van der Waals surface area contributed by atoms with Crippen molar-refractivity contribution >= 4 is 17.4 Å². The van der Waals surface area contributed by atoms with Gasteiger partial charge in [0.15, 0.2) is 5.78 Å². The number of carbonyl (C=O) groups is 1. The second kappa shape index (κ2) is 6.49. The summed E-state index contributed by atoms with van der Waals surface area (Å²) in [4.78, 5) is 14.1. The molecular formula is C15H19ClFNO. The molecule has 19 heavy (non-hydrogen) atoms. The number of hydrogen-bond acceptors (Lipinski definition) is 2. The number of nitrogens with zero attached hydrogens (tertiary/aromatic N) is 1. The summed E-state index contributed by atoms with van der Waals surface area (Å²) in [7, 11) is 0. The highest BCUT2D eigenvalue weighted by Crippen LogP contribution is 2.20. The Kier molecular flexibility index (Phi) is 4.94. The van der Waals surface area contributed by atoms with Crippen molar-refractivity contribution in [2.24, 2.45) is 0 Å². The highest BCUT2D eigenvalue weighted by atomic mass is 35.5. The highest BCUT2D eigenvalue weighted by molar-refractivity contribution is 6.34. The molecule has 104 valence electrons. The van der Waals surface area contributed by atoms with Gasteiger partial charge in [-0.15, -0.1) is 0 Å². The number of ketones is 1. The van der Waals surface area contributed by atoms with Gasteiger partial charge in [-0.2, -0.15) is 0 Å². The summed E-state index contributed by atoms with van der Waals surface area (Å²) in [6, 6.07) is 5.49. The van der Waals surface area contributed by atoms with Crippen LogP contribution in [0, 0.1) is 6.92 Å². The van der Waals surface area contributed by atoms with Gasteiger partial charge in [0.05, 0.1) is 5.02 Å². The molecule has 1 saturated heterocycles. The Morgan fingerprint density at radius 3 is 2.95 bits per heavy atom. The van der Waals surface area contributed by atoms with Crippen LogP contribution < -0.4 is 0 Å². The van der Waals surface area contributed by atoms with Crippen LogP contribution in [0.1, 0.15) is 35.2 Å². The standard InChI is InChI=1S/C15H19ClFNO/c1-11-4-5-13(14(16)9-11)15(19)3-2-7-18-8-6-12(17)10-18/h4-5,9,12H,2-3,6-8,10H2,1H3. The van der Waals surface area contributed by atoms with Crippen LogP contribution in [0.3, 0.4) is 0 Å². The van der Waals surface area contributed by atoms with Gasteiger partial charge >= 0.3 is 0 Å². The third-order valence-corrected chi connectivity index (χ3v) is 3.83. The van der Waals surface area contributed by atoms with Crippen LogP contribution in [0.15, 0.2) is 18.2 Å². The van der Waals surface area contributed by atoms with Crippen LogP contribution in [0.5, 0.6) is 0 Å². The molecule has 0 N–H and O–H groups in total. The Morgan fingerprint density at radius 2 is 2.32 bits per heavy atom. The number of alkyl halides is 1. The van der Waals surface area contributed by atoms with Crippen molar-refractivity contribution in [2.45, 2.75) is 32.4 Å². The molecule has 1 heterocycles. The zero-order valence-electron chi connectivity index (χ0n) is 11.2. The summed E-state index contributed by atoms with van der Waals surface area (Å²) in [6.07, 6.45) is 1.16. The van der Waals surface area contributed by atoms with E-state index in [9.17, 15) is 9.18 Å². The maximum Gasteiger partial charge on any atom is 0.164 e. The molecule has 1 fully saturated rings. The zero-order valence-corrected chi connectivity index (χ0v) is 11.9. The number of Topliss-reactive ketones (excluding diaryl/α,β-unsaturated/α-hetero) is 1. The fraction of sp³-hybridized carbons (Fsp3) is 0.533. The van der Waals surface area contributed by atoms with Gasteiger partial charge in [0.2, 0.25) is 0 Å². The molecule has 2 rings (SSSR count). The average molecular weight is 284 g/mol. The summed E-state index contributed by atoms with van der Waals surface area (Å²) in [6.45, 7) is 4.05.